The molecule has 23 heavy (non-hydrogen) atoms. The summed E-state index contributed by atoms with van der Waals surface area (Å²) in [5.41, 5.74) is 4.20. The van der Waals surface area contributed by atoms with Gasteiger partial charge in [-0.3, -0.25) is 5.43 Å². The second-order valence-electron chi connectivity index (χ2n) is 4.69. The zero-order chi connectivity index (χ0) is 17.0. The number of hydrazone groups is 1. The maximum absolute atomic E-state index is 11.1. The van der Waals surface area contributed by atoms with Gasteiger partial charge in [-0.15, -0.1) is 0 Å². The lowest BCUT2D eigenvalue weighted by molar-refractivity contribution is 0.0697. The van der Waals surface area contributed by atoms with Crippen LogP contribution in [0.25, 0.3) is 0 Å². The summed E-state index contributed by atoms with van der Waals surface area (Å²) in [6.45, 7) is 1.70. The van der Waals surface area contributed by atoms with Gasteiger partial charge in [-0.25, -0.2) is 4.79 Å². The van der Waals surface area contributed by atoms with Gasteiger partial charge in [-0.2, -0.15) is 5.10 Å². The van der Waals surface area contributed by atoms with Crippen LogP contribution in [0.15, 0.2) is 41.5 Å². The van der Waals surface area contributed by atoms with Crippen molar-refractivity contribution >= 4 is 29.0 Å². The SMILES string of the molecule is COc1ccc(O)c(C(C)=NNc2ccc(Cl)c(C(=O)O)c2)c1. The number of aromatic carboxylic acids is 1. The van der Waals surface area contributed by atoms with E-state index in [1.54, 1.807) is 25.1 Å². The molecule has 0 aliphatic rings. The molecule has 6 nitrogen and oxygen atoms in total. The molecule has 0 fully saturated rings. The minimum atomic E-state index is -1.12. The Morgan fingerprint density at radius 2 is 1.96 bits per heavy atom. The van der Waals surface area contributed by atoms with Crippen molar-refractivity contribution in [2.75, 3.05) is 12.5 Å². The predicted molar refractivity (Wildman–Crippen MR) is 88.9 cm³/mol. The van der Waals surface area contributed by atoms with Gasteiger partial charge in [0.2, 0.25) is 0 Å². The molecule has 0 saturated heterocycles. The van der Waals surface area contributed by atoms with Crippen molar-refractivity contribution in [1.82, 2.24) is 0 Å². The van der Waals surface area contributed by atoms with Crippen molar-refractivity contribution in [2.24, 2.45) is 5.10 Å². The predicted octanol–water partition coefficient (Wildman–Crippen LogP) is 3.59. The largest absolute Gasteiger partial charge is 0.507 e. The number of carbonyl (C=O) groups is 1. The first-order chi connectivity index (χ1) is 10.9. The Kier molecular flexibility index (Phi) is 5.08. The normalized spacial score (nSPS) is 11.2. The van der Waals surface area contributed by atoms with E-state index in [0.717, 1.165) is 0 Å². The van der Waals surface area contributed by atoms with Crippen molar-refractivity contribution in [1.29, 1.82) is 0 Å². The molecule has 0 radical (unpaired) electrons. The summed E-state index contributed by atoms with van der Waals surface area (Å²) < 4.78 is 5.11. The molecule has 120 valence electrons. The van der Waals surface area contributed by atoms with Crippen LogP contribution < -0.4 is 10.2 Å². The van der Waals surface area contributed by atoms with E-state index in [0.29, 0.717) is 22.7 Å². The van der Waals surface area contributed by atoms with Gasteiger partial charge in [0.05, 0.1) is 29.1 Å². The third-order valence-corrected chi connectivity index (χ3v) is 3.47. The number of carboxylic acid groups (broad SMARTS) is 1. The van der Waals surface area contributed by atoms with Gasteiger partial charge >= 0.3 is 5.97 Å². The second kappa shape index (κ2) is 7.02. The molecule has 0 saturated carbocycles. The van der Waals surface area contributed by atoms with Crippen LogP contribution in [-0.4, -0.2) is 29.0 Å². The molecule has 0 aliphatic heterocycles. The van der Waals surface area contributed by atoms with Gasteiger partial charge in [-0.1, -0.05) is 11.6 Å². The van der Waals surface area contributed by atoms with Crippen molar-refractivity contribution in [2.45, 2.75) is 6.92 Å². The molecule has 0 bridgehead atoms. The van der Waals surface area contributed by atoms with E-state index in [2.05, 4.69) is 10.5 Å². The molecule has 0 atom stereocenters. The fourth-order valence-electron chi connectivity index (χ4n) is 1.90. The Labute approximate surface area is 138 Å². The van der Waals surface area contributed by atoms with E-state index in [1.165, 1.54) is 25.3 Å². The summed E-state index contributed by atoms with van der Waals surface area (Å²) in [5.74, 6) is -0.465. The van der Waals surface area contributed by atoms with Gasteiger partial charge in [-0.05, 0) is 43.3 Å². The molecule has 2 rings (SSSR count). The van der Waals surface area contributed by atoms with Crippen LogP contribution in [0.2, 0.25) is 5.02 Å². The van der Waals surface area contributed by atoms with Crippen molar-refractivity contribution in [3.63, 3.8) is 0 Å². The summed E-state index contributed by atoms with van der Waals surface area (Å²) in [6.07, 6.45) is 0. The minimum absolute atomic E-state index is 0.0197. The number of carboxylic acids is 1. The van der Waals surface area contributed by atoms with E-state index in [-0.39, 0.29) is 16.3 Å². The number of benzene rings is 2. The van der Waals surface area contributed by atoms with Crippen LogP contribution in [0.3, 0.4) is 0 Å². The monoisotopic (exact) mass is 334 g/mol. The summed E-state index contributed by atoms with van der Waals surface area (Å²) in [5, 5.41) is 23.2. The van der Waals surface area contributed by atoms with E-state index in [9.17, 15) is 9.90 Å². The average Bonchev–Trinajstić information content (AvgIpc) is 2.54. The van der Waals surface area contributed by atoms with E-state index in [1.807, 2.05) is 0 Å². The fraction of sp³-hybridized carbons (Fsp3) is 0.125. The number of nitrogens with zero attached hydrogens (tertiary/aromatic N) is 1. The van der Waals surface area contributed by atoms with Gasteiger partial charge in [0.25, 0.3) is 0 Å². The Balaban J connectivity index is 2.26. The maximum Gasteiger partial charge on any atom is 0.337 e. The highest BCUT2D eigenvalue weighted by molar-refractivity contribution is 6.33. The van der Waals surface area contributed by atoms with E-state index in [4.69, 9.17) is 21.4 Å². The number of hydrogen-bond acceptors (Lipinski definition) is 5. The molecular formula is C16H15ClN2O4. The molecule has 0 heterocycles. The zero-order valence-electron chi connectivity index (χ0n) is 12.5. The molecule has 2 aromatic rings. The van der Waals surface area contributed by atoms with Crippen LogP contribution in [0.1, 0.15) is 22.8 Å². The first-order valence-electron chi connectivity index (χ1n) is 6.63. The summed E-state index contributed by atoms with van der Waals surface area (Å²) in [4.78, 5) is 11.1. The molecule has 0 amide bonds. The Hall–Kier alpha value is -2.73. The maximum atomic E-state index is 11.1. The average molecular weight is 335 g/mol. The van der Waals surface area contributed by atoms with Crippen LogP contribution in [0.4, 0.5) is 5.69 Å². The topological polar surface area (TPSA) is 91.2 Å². The number of anilines is 1. The Morgan fingerprint density at radius 3 is 2.61 bits per heavy atom. The molecule has 0 spiro atoms. The molecule has 3 N–H and O–H groups in total. The molecule has 0 aliphatic carbocycles. The highest BCUT2D eigenvalue weighted by atomic mass is 35.5. The van der Waals surface area contributed by atoms with Crippen LogP contribution in [-0.2, 0) is 0 Å². The first kappa shape index (κ1) is 16.6. The number of ether oxygens (including phenoxy) is 1. The highest BCUT2D eigenvalue weighted by Crippen LogP contribution is 2.24. The number of methoxy groups -OCH3 is 1. The number of aromatic hydroxyl groups is 1. The van der Waals surface area contributed by atoms with Gasteiger partial charge in [0.15, 0.2) is 0 Å². The minimum Gasteiger partial charge on any atom is -0.507 e. The number of nitrogens with one attached hydrogen (secondary N) is 1. The Bertz CT molecular complexity index is 775. The van der Waals surface area contributed by atoms with E-state index >= 15 is 0 Å². The van der Waals surface area contributed by atoms with Crippen LogP contribution in [0.5, 0.6) is 11.5 Å². The van der Waals surface area contributed by atoms with Crippen molar-refractivity contribution in [3.8, 4) is 11.5 Å². The lowest BCUT2D eigenvalue weighted by Crippen LogP contribution is -2.02. The molecule has 7 heteroatoms. The summed E-state index contributed by atoms with van der Waals surface area (Å²) >= 11 is 5.81. The van der Waals surface area contributed by atoms with Gasteiger partial charge < -0.3 is 14.9 Å². The van der Waals surface area contributed by atoms with Crippen molar-refractivity contribution in [3.05, 3.63) is 52.5 Å². The molecule has 0 unspecified atom stereocenters. The molecule has 0 aromatic heterocycles. The summed E-state index contributed by atoms with van der Waals surface area (Å²) in [6, 6.07) is 9.27. The number of rotatable bonds is 5. The van der Waals surface area contributed by atoms with Crippen LogP contribution >= 0.6 is 11.6 Å². The van der Waals surface area contributed by atoms with Crippen LogP contribution in [0, 0.1) is 0 Å². The first-order valence-corrected chi connectivity index (χ1v) is 7.00. The molecule has 2 aromatic carbocycles. The smallest absolute Gasteiger partial charge is 0.337 e. The number of phenolic OH excluding ortho intramolecular Hbond substituents is 1. The number of phenols is 1. The van der Waals surface area contributed by atoms with Gasteiger partial charge in [0, 0.05) is 5.56 Å². The number of hydrogen-bond donors (Lipinski definition) is 3. The third-order valence-electron chi connectivity index (χ3n) is 3.14. The standard InChI is InChI=1S/C16H15ClN2O4/c1-9(12-8-11(23-2)4-6-15(12)20)18-19-10-3-5-14(17)13(7-10)16(21)22/h3-8,19-20H,1-2H3,(H,21,22). The summed E-state index contributed by atoms with van der Waals surface area (Å²) in [7, 11) is 1.53. The zero-order valence-corrected chi connectivity index (χ0v) is 13.3. The quantitative estimate of drug-likeness (QED) is 0.574. The fourth-order valence-corrected chi connectivity index (χ4v) is 2.10. The second-order valence-corrected chi connectivity index (χ2v) is 5.10. The lowest BCUT2D eigenvalue weighted by atomic mass is 10.1. The Morgan fingerprint density at radius 1 is 1.22 bits per heavy atom. The van der Waals surface area contributed by atoms with E-state index < -0.39 is 5.97 Å². The third kappa shape index (κ3) is 3.92. The highest BCUT2D eigenvalue weighted by Gasteiger charge is 2.10. The number of halogens is 1. The molecular weight excluding hydrogens is 320 g/mol. The van der Waals surface area contributed by atoms with Crippen molar-refractivity contribution < 1.29 is 19.7 Å². The van der Waals surface area contributed by atoms with Gasteiger partial charge in [0.1, 0.15) is 11.5 Å². The lowest BCUT2D eigenvalue weighted by Gasteiger charge is -2.08.